The van der Waals surface area contributed by atoms with Gasteiger partial charge in [0.05, 0.1) is 12.3 Å². The number of nitrogens with zero attached hydrogens (tertiary/aromatic N) is 2. The van der Waals surface area contributed by atoms with Crippen LogP contribution in [0.3, 0.4) is 0 Å². The van der Waals surface area contributed by atoms with Crippen molar-refractivity contribution in [3.8, 4) is 0 Å². The first-order valence-electron chi connectivity index (χ1n) is 9.48. The molecule has 0 aliphatic rings. The van der Waals surface area contributed by atoms with E-state index in [2.05, 4.69) is 15.5 Å². The molecule has 0 unspecified atom stereocenters. The molecule has 29 heavy (non-hydrogen) atoms. The molecule has 0 spiro atoms. The predicted molar refractivity (Wildman–Crippen MR) is 112 cm³/mol. The van der Waals surface area contributed by atoms with E-state index < -0.39 is 5.92 Å². The molecule has 1 N–H and O–H groups in total. The van der Waals surface area contributed by atoms with Crippen LogP contribution in [0.5, 0.6) is 0 Å². The number of carbonyl (C=O) groups is 1. The molecule has 5 nitrogen and oxygen atoms in total. The molecule has 0 fully saturated rings. The summed E-state index contributed by atoms with van der Waals surface area (Å²) in [6.45, 7) is 2.04. The fraction of sp³-hybridized carbons (Fsp3) is 0.125. The second-order valence-electron chi connectivity index (χ2n) is 6.91. The molecule has 0 bridgehead atoms. The Balaban J connectivity index is 1.52. The lowest BCUT2D eigenvalue weighted by molar-refractivity contribution is -0.116. The van der Waals surface area contributed by atoms with Crippen LogP contribution in [0.1, 0.15) is 34.1 Å². The maximum atomic E-state index is 13.1. The van der Waals surface area contributed by atoms with E-state index >= 15 is 0 Å². The summed E-state index contributed by atoms with van der Waals surface area (Å²) in [5.41, 5.74) is 4.06. The predicted octanol–water partition coefficient (Wildman–Crippen LogP) is 4.74. The van der Waals surface area contributed by atoms with Gasteiger partial charge in [-0.2, -0.15) is 0 Å². The summed E-state index contributed by atoms with van der Waals surface area (Å²) in [6.07, 6.45) is 0.518. The van der Waals surface area contributed by atoms with Crippen LogP contribution in [0.25, 0.3) is 0 Å². The molecule has 1 amide bonds. The maximum Gasteiger partial charge on any atom is 0.322 e. The Morgan fingerprint density at radius 3 is 2.03 bits per heavy atom. The van der Waals surface area contributed by atoms with Gasteiger partial charge in [0, 0.05) is 0 Å². The van der Waals surface area contributed by atoms with Crippen molar-refractivity contribution in [3.63, 3.8) is 0 Å². The van der Waals surface area contributed by atoms with E-state index in [1.807, 2.05) is 91.9 Å². The molecule has 5 heteroatoms. The van der Waals surface area contributed by atoms with Crippen LogP contribution in [-0.2, 0) is 11.2 Å². The minimum Gasteiger partial charge on any atom is -0.407 e. The molecule has 0 aliphatic carbocycles. The third kappa shape index (κ3) is 4.58. The Morgan fingerprint density at radius 1 is 0.862 bits per heavy atom. The van der Waals surface area contributed by atoms with E-state index in [0.717, 1.165) is 16.7 Å². The highest BCUT2D eigenvalue weighted by Gasteiger charge is 2.24. The number of carbonyl (C=O) groups excluding carboxylic acids is 1. The smallest absolute Gasteiger partial charge is 0.322 e. The van der Waals surface area contributed by atoms with Gasteiger partial charge in [0.15, 0.2) is 0 Å². The van der Waals surface area contributed by atoms with E-state index in [9.17, 15) is 4.79 Å². The summed E-state index contributed by atoms with van der Waals surface area (Å²) in [5, 5.41) is 10.8. The Kier molecular flexibility index (Phi) is 5.47. The van der Waals surface area contributed by atoms with Crippen molar-refractivity contribution in [1.82, 2.24) is 10.2 Å². The van der Waals surface area contributed by atoms with E-state index in [-0.39, 0.29) is 11.9 Å². The Morgan fingerprint density at radius 2 is 1.45 bits per heavy atom. The fourth-order valence-electron chi connectivity index (χ4n) is 3.22. The molecule has 0 saturated carbocycles. The van der Waals surface area contributed by atoms with Crippen molar-refractivity contribution in [2.75, 3.05) is 5.32 Å². The van der Waals surface area contributed by atoms with Gasteiger partial charge in [-0.3, -0.25) is 10.1 Å². The number of benzene rings is 3. The van der Waals surface area contributed by atoms with Crippen LogP contribution in [0.4, 0.5) is 6.01 Å². The van der Waals surface area contributed by atoms with Gasteiger partial charge in [-0.1, -0.05) is 95.6 Å². The normalized spacial score (nSPS) is 10.8. The first-order chi connectivity index (χ1) is 14.2. The van der Waals surface area contributed by atoms with Gasteiger partial charge in [-0.25, -0.2) is 0 Å². The lowest BCUT2D eigenvalue weighted by Crippen LogP contribution is -2.22. The number of aromatic nitrogens is 2. The van der Waals surface area contributed by atoms with E-state index in [0.29, 0.717) is 12.3 Å². The zero-order valence-electron chi connectivity index (χ0n) is 16.1. The van der Waals surface area contributed by atoms with Crippen molar-refractivity contribution >= 4 is 11.9 Å². The molecular formula is C24H21N3O2. The van der Waals surface area contributed by atoms with Crippen LogP contribution in [0.2, 0.25) is 0 Å². The molecule has 1 heterocycles. The molecule has 1 aromatic heterocycles. The summed E-state index contributed by atoms with van der Waals surface area (Å²) in [6, 6.07) is 27.5. The zero-order chi connectivity index (χ0) is 20.1. The van der Waals surface area contributed by atoms with Crippen LogP contribution in [0, 0.1) is 6.92 Å². The average Bonchev–Trinajstić information content (AvgIpc) is 3.18. The fourth-order valence-corrected chi connectivity index (χ4v) is 3.22. The third-order valence-electron chi connectivity index (χ3n) is 4.70. The molecular weight excluding hydrogens is 362 g/mol. The lowest BCUT2D eigenvalue weighted by atomic mass is 9.90. The van der Waals surface area contributed by atoms with Crippen LogP contribution in [-0.4, -0.2) is 16.1 Å². The largest absolute Gasteiger partial charge is 0.407 e. The number of rotatable bonds is 6. The number of anilines is 1. The summed E-state index contributed by atoms with van der Waals surface area (Å²) in [4.78, 5) is 13.1. The topological polar surface area (TPSA) is 68.0 Å². The third-order valence-corrected chi connectivity index (χ3v) is 4.70. The van der Waals surface area contributed by atoms with E-state index in [1.165, 1.54) is 5.56 Å². The molecule has 3 aromatic carbocycles. The first kappa shape index (κ1) is 18.6. The number of nitrogens with one attached hydrogen (secondary N) is 1. The van der Waals surface area contributed by atoms with Crippen LogP contribution >= 0.6 is 0 Å². The van der Waals surface area contributed by atoms with Crippen molar-refractivity contribution in [1.29, 1.82) is 0 Å². The highest BCUT2D eigenvalue weighted by Crippen LogP contribution is 2.26. The highest BCUT2D eigenvalue weighted by molar-refractivity contribution is 5.96. The second-order valence-corrected chi connectivity index (χ2v) is 6.91. The summed E-state index contributed by atoms with van der Waals surface area (Å²) in [5.74, 6) is -0.224. The minimum atomic E-state index is -0.468. The van der Waals surface area contributed by atoms with Crippen LogP contribution < -0.4 is 5.32 Å². The first-order valence-corrected chi connectivity index (χ1v) is 9.48. The number of hydrogen-bond acceptors (Lipinski definition) is 4. The number of hydrogen-bond donors (Lipinski definition) is 1. The minimum absolute atomic E-state index is 0.106. The molecule has 144 valence electrons. The van der Waals surface area contributed by atoms with Gasteiger partial charge in [-0.15, -0.1) is 5.10 Å². The molecule has 0 radical (unpaired) electrons. The standard InChI is InChI=1S/C24H21N3O2/c1-17-12-14-18(15-13-17)16-21-26-27-24(29-21)25-23(28)22(19-8-4-2-5-9-19)20-10-6-3-7-11-20/h2-15,22H,16H2,1H3,(H,25,27,28). The van der Waals surface area contributed by atoms with Crippen molar-refractivity contribution in [3.05, 3.63) is 113 Å². The van der Waals surface area contributed by atoms with Gasteiger partial charge < -0.3 is 4.42 Å². The van der Waals surface area contributed by atoms with Gasteiger partial charge in [-0.05, 0) is 23.6 Å². The van der Waals surface area contributed by atoms with Crippen LogP contribution in [0.15, 0.2) is 89.3 Å². The van der Waals surface area contributed by atoms with Crippen molar-refractivity contribution in [2.24, 2.45) is 0 Å². The molecule has 4 rings (SSSR count). The molecule has 0 atom stereocenters. The Hall–Kier alpha value is -3.73. The highest BCUT2D eigenvalue weighted by atomic mass is 16.4. The lowest BCUT2D eigenvalue weighted by Gasteiger charge is -2.16. The van der Waals surface area contributed by atoms with E-state index in [1.54, 1.807) is 0 Å². The molecule has 0 saturated heterocycles. The summed E-state index contributed by atoms with van der Waals surface area (Å²) >= 11 is 0. The number of amides is 1. The Bertz CT molecular complexity index is 1030. The summed E-state index contributed by atoms with van der Waals surface area (Å²) in [7, 11) is 0. The number of aryl methyl sites for hydroxylation is 1. The van der Waals surface area contributed by atoms with Crippen molar-refractivity contribution < 1.29 is 9.21 Å². The SMILES string of the molecule is Cc1ccc(Cc2nnc(NC(=O)C(c3ccccc3)c3ccccc3)o2)cc1. The monoisotopic (exact) mass is 383 g/mol. The summed E-state index contributed by atoms with van der Waals surface area (Å²) < 4.78 is 5.66. The molecule has 4 aromatic rings. The maximum absolute atomic E-state index is 13.1. The molecule has 0 aliphatic heterocycles. The van der Waals surface area contributed by atoms with Crippen molar-refractivity contribution in [2.45, 2.75) is 19.3 Å². The van der Waals surface area contributed by atoms with Gasteiger partial charge in [0.25, 0.3) is 0 Å². The van der Waals surface area contributed by atoms with Gasteiger partial charge >= 0.3 is 6.01 Å². The van der Waals surface area contributed by atoms with E-state index in [4.69, 9.17) is 4.42 Å². The quantitative estimate of drug-likeness (QED) is 0.522. The average molecular weight is 383 g/mol. The van der Waals surface area contributed by atoms with Gasteiger partial charge in [0.2, 0.25) is 11.8 Å². The second kappa shape index (κ2) is 8.52. The van der Waals surface area contributed by atoms with Gasteiger partial charge in [0.1, 0.15) is 0 Å². The zero-order valence-corrected chi connectivity index (χ0v) is 16.1. The Labute approximate surface area is 169 Å².